The van der Waals surface area contributed by atoms with E-state index in [4.69, 9.17) is 0 Å². The van der Waals surface area contributed by atoms with Gasteiger partial charge in [0.25, 0.3) is 5.91 Å². The SMILES string of the molecule is CC=CC(=O)N1c2ccccc2CC1c1c[nH]c2ccccc12. The Hall–Kier alpha value is -2.81. The Morgan fingerprint density at radius 1 is 1.17 bits per heavy atom. The van der Waals surface area contributed by atoms with Crippen LogP contribution in [0.1, 0.15) is 24.1 Å². The van der Waals surface area contributed by atoms with E-state index >= 15 is 0 Å². The Morgan fingerprint density at radius 2 is 1.96 bits per heavy atom. The van der Waals surface area contributed by atoms with Gasteiger partial charge in [-0.15, -0.1) is 0 Å². The molecule has 0 fully saturated rings. The molecule has 0 saturated carbocycles. The van der Waals surface area contributed by atoms with Gasteiger partial charge in [0, 0.05) is 28.4 Å². The van der Waals surface area contributed by atoms with Gasteiger partial charge in [-0.25, -0.2) is 0 Å². The minimum atomic E-state index is 0.0345. The molecule has 23 heavy (non-hydrogen) atoms. The number of rotatable bonds is 2. The number of fused-ring (bicyclic) bond motifs is 2. The standard InChI is InChI=1S/C20H18N2O/c1-2-7-20(23)22-18-11-6-3-8-14(18)12-19(22)16-13-21-17-10-5-4-9-15(16)17/h2-11,13,19,21H,12H2,1H3. The lowest BCUT2D eigenvalue weighted by Gasteiger charge is -2.24. The topological polar surface area (TPSA) is 36.1 Å². The summed E-state index contributed by atoms with van der Waals surface area (Å²) >= 11 is 0. The van der Waals surface area contributed by atoms with E-state index in [1.54, 1.807) is 12.2 Å². The van der Waals surface area contributed by atoms with Gasteiger partial charge in [-0.3, -0.25) is 4.79 Å². The number of amides is 1. The van der Waals surface area contributed by atoms with E-state index in [9.17, 15) is 4.79 Å². The number of allylic oxidation sites excluding steroid dienone is 1. The van der Waals surface area contributed by atoms with Gasteiger partial charge in [0.2, 0.25) is 0 Å². The summed E-state index contributed by atoms with van der Waals surface area (Å²) in [6.45, 7) is 1.88. The van der Waals surface area contributed by atoms with E-state index in [0.29, 0.717) is 0 Å². The van der Waals surface area contributed by atoms with Crippen molar-refractivity contribution in [1.82, 2.24) is 4.98 Å². The molecular formula is C20H18N2O. The minimum absolute atomic E-state index is 0.0345. The molecule has 4 rings (SSSR count). The number of carbonyl (C=O) groups is 1. The number of anilines is 1. The van der Waals surface area contributed by atoms with E-state index in [2.05, 4.69) is 23.2 Å². The van der Waals surface area contributed by atoms with Crippen LogP contribution in [0.15, 0.2) is 66.9 Å². The summed E-state index contributed by atoms with van der Waals surface area (Å²) in [6, 6.07) is 16.5. The zero-order valence-electron chi connectivity index (χ0n) is 13.0. The van der Waals surface area contributed by atoms with Crippen LogP contribution in [-0.2, 0) is 11.2 Å². The van der Waals surface area contributed by atoms with Crippen molar-refractivity contribution in [2.24, 2.45) is 0 Å². The fourth-order valence-corrected chi connectivity index (χ4v) is 3.50. The molecule has 0 bridgehead atoms. The Labute approximate surface area is 135 Å². The number of carbonyl (C=O) groups excluding carboxylic acids is 1. The monoisotopic (exact) mass is 302 g/mol. The van der Waals surface area contributed by atoms with E-state index < -0.39 is 0 Å². The van der Waals surface area contributed by atoms with Crippen molar-refractivity contribution in [3.05, 3.63) is 78.0 Å². The summed E-state index contributed by atoms with van der Waals surface area (Å²) in [5, 5.41) is 1.18. The highest BCUT2D eigenvalue weighted by Crippen LogP contribution is 2.42. The molecule has 1 aromatic heterocycles. The van der Waals surface area contributed by atoms with Gasteiger partial charge >= 0.3 is 0 Å². The summed E-state index contributed by atoms with van der Waals surface area (Å²) in [4.78, 5) is 17.9. The highest BCUT2D eigenvalue weighted by Gasteiger charge is 2.34. The normalized spacial score (nSPS) is 17.1. The molecule has 0 saturated heterocycles. The maximum absolute atomic E-state index is 12.7. The van der Waals surface area contributed by atoms with Crippen molar-refractivity contribution in [3.63, 3.8) is 0 Å². The molecule has 1 aliphatic rings. The second-order valence-corrected chi connectivity index (χ2v) is 5.85. The van der Waals surface area contributed by atoms with Crippen molar-refractivity contribution in [3.8, 4) is 0 Å². The number of para-hydroxylation sites is 2. The van der Waals surface area contributed by atoms with Gasteiger partial charge < -0.3 is 9.88 Å². The number of nitrogens with zero attached hydrogens (tertiary/aromatic N) is 1. The van der Waals surface area contributed by atoms with Crippen LogP contribution in [0, 0.1) is 0 Å². The molecular weight excluding hydrogens is 284 g/mol. The van der Waals surface area contributed by atoms with Crippen molar-refractivity contribution >= 4 is 22.5 Å². The fourth-order valence-electron chi connectivity index (χ4n) is 3.50. The van der Waals surface area contributed by atoms with Gasteiger partial charge in [0.05, 0.1) is 6.04 Å². The van der Waals surface area contributed by atoms with E-state index in [0.717, 1.165) is 17.6 Å². The van der Waals surface area contributed by atoms with E-state index in [1.807, 2.05) is 48.4 Å². The molecule has 3 nitrogen and oxygen atoms in total. The number of benzene rings is 2. The van der Waals surface area contributed by atoms with Gasteiger partial charge in [0.15, 0.2) is 0 Å². The Balaban J connectivity index is 1.86. The van der Waals surface area contributed by atoms with Crippen LogP contribution in [0.3, 0.4) is 0 Å². The van der Waals surface area contributed by atoms with Crippen LogP contribution in [-0.4, -0.2) is 10.9 Å². The van der Waals surface area contributed by atoms with Crippen LogP contribution >= 0.6 is 0 Å². The van der Waals surface area contributed by atoms with Crippen LogP contribution in [0.25, 0.3) is 10.9 Å². The third kappa shape index (κ3) is 2.16. The molecule has 0 radical (unpaired) electrons. The number of hydrogen-bond donors (Lipinski definition) is 1. The number of aromatic nitrogens is 1. The van der Waals surface area contributed by atoms with Crippen LogP contribution in [0.2, 0.25) is 0 Å². The second-order valence-electron chi connectivity index (χ2n) is 5.85. The summed E-state index contributed by atoms with van der Waals surface area (Å²) in [5.41, 5.74) is 4.53. The molecule has 3 heteroatoms. The molecule has 0 aliphatic carbocycles. The summed E-state index contributed by atoms with van der Waals surface area (Å²) in [6.07, 6.45) is 6.33. The largest absolute Gasteiger partial charge is 0.361 e. The Bertz CT molecular complexity index is 907. The van der Waals surface area contributed by atoms with Crippen LogP contribution in [0.4, 0.5) is 5.69 Å². The highest BCUT2D eigenvalue weighted by molar-refractivity contribution is 6.04. The molecule has 0 spiro atoms. The van der Waals surface area contributed by atoms with E-state index in [1.165, 1.54) is 16.5 Å². The molecule has 1 amide bonds. The van der Waals surface area contributed by atoms with Crippen LogP contribution < -0.4 is 4.90 Å². The number of aromatic amines is 1. The second kappa shape index (κ2) is 5.43. The first-order chi connectivity index (χ1) is 11.3. The molecule has 1 N–H and O–H groups in total. The first-order valence-corrected chi connectivity index (χ1v) is 7.89. The predicted octanol–water partition coefficient (Wildman–Crippen LogP) is 4.37. The summed E-state index contributed by atoms with van der Waals surface area (Å²) < 4.78 is 0. The minimum Gasteiger partial charge on any atom is -0.361 e. The van der Waals surface area contributed by atoms with Crippen molar-refractivity contribution in [2.75, 3.05) is 4.90 Å². The zero-order valence-corrected chi connectivity index (χ0v) is 13.0. The number of nitrogens with one attached hydrogen (secondary N) is 1. The average molecular weight is 302 g/mol. The lowest BCUT2D eigenvalue weighted by Crippen LogP contribution is -2.30. The molecule has 3 aromatic rings. The number of H-pyrrole nitrogens is 1. The molecule has 1 aliphatic heterocycles. The smallest absolute Gasteiger partial charge is 0.251 e. The zero-order chi connectivity index (χ0) is 15.8. The predicted molar refractivity (Wildman–Crippen MR) is 93.5 cm³/mol. The first kappa shape index (κ1) is 13.8. The summed E-state index contributed by atoms with van der Waals surface area (Å²) in [7, 11) is 0. The van der Waals surface area contributed by atoms with Gasteiger partial charge in [-0.05, 0) is 37.1 Å². The third-order valence-corrected chi connectivity index (χ3v) is 4.50. The van der Waals surface area contributed by atoms with Gasteiger partial charge in [-0.1, -0.05) is 42.5 Å². The highest BCUT2D eigenvalue weighted by atomic mass is 16.2. The summed E-state index contributed by atoms with van der Waals surface area (Å²) in [5.74, 6) is 0.0349. The molecule has 2 aromatic carbocycles. The lowest BCUT2D eigenvalue weighted by molar-refractivity contribution is -0.114. The third-order valence-electron chi connectivity index (χ3n) is 4.50. The van der Waals surface area contributed by atoms with Crippen molar-refractivity contribution in [2.45, 2.75) is 19.4 Å². The molecule has 2 heterocycles. The Kier molecular flexibility index (Phi) is 3.27. The molecule has 114 valence electrons. The maximum Gasteiger partial charge on any atom is 0.251 e. The maximum atomic E-state index is 12.7. The lowest BCUT2D eigenvalue weighted by atomic mass is 10.0. The quantitative estimate of drug-likeness (QED) is 0.701. The van der Waals surface area contributed by atoms with Crippen molar-refractivity contribution < 1.29 is 4.79 Å². The molecule has 1 atom stereocenters. The van der Waals surface area contributed by atoms with Gasteiger partial charge in [0.1, 0.15) is 0 Å². The van der Waals surface area contributed by atoms with Crippen LogP contribution in [0.5, 0.6) is 0 Å². The average Bonchev–Trinajstić information content (AvgIpc) is 3.16. The first-order valence-electron chi connectivity index (χ1n) is 7.89. The number of hydrogen-bond acceptors (Lipinski definition) is 1. The Morgan fingerprint density at radius 3 is 2.83 bits per heavy atom. The van der Waals surface area contributed by atoms with Gasteiger partial charge in [-0.2, -0.15) is 0 Å². The van der Waals surface area contributed by atoms with E-state index in [-0.39, 0.29) is 11.9 Å². The molecule has 1 unspecified atom stereocenters. The van der Waals surface area contributed by atoms with Crippen molar-refractivity contribution in [1.29, 1.82) is 0 Å². The fraction of sp³-hybridized carbons (Fsp3) is 0.150.